The molecule has 9 heteroatoms. The van der Waals surface area contributed by atoms with E-state index in [-0.39, 0.29) is 47.1 Å². The highest BCUT2D eigenvalue weighted by molar-refractivity contribution is 6.32. The van der Waals surface area contributed by atoms with Crippen LogP contribution in [0.5, 0.6) is 11.5 Å². The second kappa shape index (κ2) is 10.9. The van der Waals surface area contributed by atoms with Gasteiger partial charge in [0, 0.05) is 18.7 Å². The van der Waals surface area contributed by atoms with Gasteiger partial charge in [-0.2, -0.15) is 0 Å². The fourth-order valence-corrected chi connectivity index (χ4v) is 6.49. The van der Waals surface area contributed by atoms with Crippen molar-refractivity contribution in [2.45, 2.75) is 84.8 Å². The second-order valence-electron chi connectivity index (χ2n) is 12.8. The van der Waals surface area contributed by atoms with Crippen molar-refractivity contribution in [3.8, 4) is 11.5 Å². The molecule has 0 unspecified atom stereocenters. The van der Waals surface area contributed by atoms with Gasteiger partial charge in [-0.05, 0) is 75.2 Å². The zero-order valence-electron chi connectivity index (χ0n) is 23.1. The van der Waals surface area contributed by atoms with E-state index in [9.17, 15) is 19.5 Å². The first-order valence-electron chi connectivity index (χ1n) is 13.7. The summed E-state index contributed by atoms with van der Waals surface area (Å²) >= 11 is 6.48. The number of ether oxygens (including phenoxy) is 2. The van der Waals surface area contributed by atoms with Crippen molar-refractivity contribution in [3.63, 3.8) is 0 Å². The number of nitrogens with one attached hydrogen (secondary N) is 2. The van der Waals surface area contributed by atoms with Crippen molar-refractivity contribution in [1.29, 1.82) is 0 Å². The summed E-state index contributed by atoms with van der Waals surface area (Å²) in [5.74, 6) is -0.101. The molecule has 3 fully saturated rings. The smallest absolute Gasteiger partial charge is 0.309 e. The van der Waals surface area contributed by atoms with Crippen molar-refractivity contribution in [2.75, 3.05) is 13.7 Å². The van der Waals surface area contributed by atoms with Gasteiger partial charge in [0.1, 0.15) is 11.5 Å². The summed E-state index contributed by atoms with van der Waals surface area (Å²) in [4.78, 5) is 38.3. The highest BCUT2D eigenvalue weighted by Gasteiger charge is 2.51. The number of amides is 2. The molecule has 0 heterocycles. The minimum Gasteiger partial charge on any atom is -0.496 e. The number of methoxy groups -OCH3 is 1. The van der Waals surface area contributed by atoms with Gasteiger partial charge in [-0.3, -0.25) is 14.4 Å². The summed E-state index contributed by atoms with van der Waals surface area (Å²) in [6, 6.07) is 2.94. The standard InChI is InChI=1S/C29H41ClN2O6/c1-28(2,3)15-31-26(34)23-16-6-7-17(12-16)24(23)32-25(33)19-13-22(20(30)14-21(19)37-5)38-18-8-10-29(4,11-9-18)27(35)36/h13-14,16-18,23-24H,6-12,15H2,1-5H3,(H,31,34)(H,32,33)(H,35,36)/t16-,17+,18-,23+,24-,29+/m1/s1. The quantitative estimate of drug-likeness (QED) is 0.418. The maximum absolute atomic E-state index is 13.6. The van der Waals surface area contributed by atoms with Crippen molar-refractivity contribution in [1.82, 2.24) is 10.6 Å². The Bertz CT molecular complexity index is 1080. The lowest BCUT2D eigenvalue weighted by molar-refractivity contribution is -0.150. The Balaban J connectivity index is 1.48. The molecule has 210 valence electrons. The molecule has 2 bridgehead atoms. The highest BCUT2D eigenvalue weighted by Crippen LogP contribution is 2.49. The third kappa shape index (κ3) is 6.05. The van der Waals surface area contributed by atoms with Gasteiger partial charge in [-0.25, -0.2) is 0 Å². The van der Waals surface area contributed by atoms with E-state index in [0.717, 1.165) is 19.3 Å². The molecule has 0 aromatic heterocycles. The van der Waals surface area contributed by atoms with E-state index in [0.29, 0.717) is 54.3 Å². The van der Waals surface area contributed by atoms with Crippen LogP contribution in [-0.2, 0) is 9.59 Å². The molecule has 38 heavy (non-hydrogen) atoms. The van der Waals surface area contributed by atoms with E-state index < -0.39 is 11.4 Å². The monoisotopic (exact) mass is 548 g/mol. The van der Waals surface area contributed by atoms with Gasteiger partial charge >= 0.3 is 5.97 Å². The number of hydrogen-bond acceptors (Lipinski definition) is 5. The number of benzene rings is 1. The molecule has 1 aromatic carbocycles. The molecule has 0 aliphatic heterocycles. The zero-order valence-corrected chi connectivity index (χ0v) is 23.8. The van der Waals surface area contributed by atoms with E-state index in [4.69, 9.17) is 21.1 Å². The molecule has 0 saturated heterocycles. The van der Waals surface area contributed by atoms with Gasteiger partial charge in [0.25, 0.3) is 5.91 Å². The average Bonchev–Trinajstić information content (AvgIpc) is 3.46. The van der Waals surface area contributed by atoms with E-state index >= 15 is 0 Å². The molecule has 0 spiro atoms. The van der Waals surface area contributed by atoms with E-state index in [2.05, 4.69) is 31.4 Å². The van der Waals surface area contributed by atoms with Crippen LogP contribution in [0.3, 0.4) is 0 Å². The molecule has 0 radical (unpaired) electrons. The van der Waals surface area contributed by atoms with Crippen molar-refractivity contribution in [3.05, 3.63) is 22.7 Å². The number of aliphatic carboxylic acids is 1. The summed E-state index contributed by atoms with van der Waals surface area (Å²) < 4.78 is 11.6. The van der Waals surface area contributed by atoms with Gasteiger partial charge in [0.15, 0.2) is 0 Å². The van der Waals surface area contributed by atoms with Crippen molar-refractivity contribution >= 4 is 29.4 Å². The largest absolute Gasteiger partial charge is 0.496 e. The second-order valence-corrected chi connectivity index (χ2v) is 13.2. The van der Waals surface area contributed by atoms with Crippen molar-refractivity contribution in [2.24, 2.45) is 28.6 Å². The number of halogens is 1. The maximum Gasteiger partial charge on any atom is 0.309 e. The van der Waals surface area contributed by atoms with Crippen LogP contribution < -0.4 is 20.1 Å². The summed E-state index contributed by atoms with van der Waals surface area (Å²) in [5, 5.41) is 16.1. The summed E-state index contributed by atoms with van der Waals surface area (Å²) in [6.07, 6.45) is 4.96. The van der Waals surface area contributed by atoms with Gasteiger partial charge in [0.2, 0.25) is 5.91 Å². The number of carbonyl (C=O) groups is 3. The van der Waals surface area contributed by atoms with Crippen LogP contribution >= 0.6 is 11.6 Å². The Hall–Kier alpha value is -2.48. The first-order chi connectivity index (χ1) is 17.8. The number of carboxylic acids is 1. The lowest BCUT2D eigenvalue weighted by Gasteiger charge is -2.34. The number of rotatable bonds is 8. The normalized spacial score (nSPS) is 30.5. The van der Waals surface area contributed by atoms with E-state index in [1.165, 1.54) is 7.11 Å². The summed E-state index contributed by atoms with van der Waals surface area (Å²) in [6.45, 7) is 8.59. The lowest BCUT2D eigenvalue weighted by atomic mass is 9.75. The first-order valence-corrected chi connectivity index (χ1v) is 14.1. The average molecular weight is 549 g/mol. The van der Waals surface area contributed by atoms with E-state index in [1.54, 1.807) is 19.1 Å². The van der Waals surface area contributed by atoms with Crippen LogP contribution in [0.25, 0.3) is 0 Å². The van der Waals surface area contributed by atoms with Crippen LogP contribution in [0.2, 0.25) is 5.02 Å². The maximum atomic E-state index is 13.6. The van der Waals surface area contributed by atoms with E-state index in [1.807, 2.05) is 0 Å². The minimum atomic E-state index is -0.789. The Morgan fingerprint density at radius 1 is 1.08 bits per heavy atom. The van der Waals surface area contributed by atoms with Crippen LogP contribution in [0.1, 0.15) is 83.0 Å². The van der Waals surface area contributed by atoms with Crippen molar-refractivity contribution < 1.29 is 29.0 Å². The zero-order chi connectivity index (χ0) is 27.8. The predicted molar refractivity (Wildman–Crippen MR) is 145 cm³/mol. The molecule has 3 aliphatic rings. The van der Waals surface area contributed by atoms with Crippen LogP contribution in [-0.4, -0.2) is 48.7 Å². The Kier molecular flexibility index (Phi) is 8.22. The fourth-order valence-electron chi connectivity index (χ4n) is 6.29. The van der Waals surface area contributed by atoms with Gasteiger partial charge in [-0.1, -0.05) is 32.4 Å². The molecule has 8 nitrogen and oxygen atoms in total. The Labute approximate surface area is 230 Å². The number of hydrogen-bond donors (Lipinski definition) is 3. The molecule has 4 atom stereocenters. The molecular weight excluding hydrogens is 508 g/mol. The van der Waals surface area contributed by atoms with Crippen LogP contribution in [0.4, 0.5) is 0 Å². The van der Waals surface area contributed by atoms with Gasteiger partial charge in [-0.15, -0.1) is 0 Å². The number of carbonyl (C=O) groups excluding carboxylic acids is 2. The minimum absolute atomic E-state index is 0.00942. The van der Waals surface area contributed by atoms with Crippen LogP contribution in [0, 0.1) is 28.6 Å². The van der Waals surface area contributed by atoms with Gasteiger partial charge < -0.3 is 25.2 Å². The number of fused-ring (bicyclic) bond motifs is 2. The Morgan fingerprint density at radius 3 is 2.34 bits per heavy atom. The Morgan fingerprint density at radius 2 is 1.74 bits per heavy atom. The fraction of sp³-hybridized carbons (Fsp3) is 0.690. The molecule has 3 aliphatic carbocycles. The third-order valence-electron chi connectivity index (χ3n) is 8.65. The summed E-state index contributed by atoms with van der Waals surface area (Å²) in [5.41, 5.74) is -0.469. The number of carboxylic acid groups (broad SMARTS) is 1. The highest BCUT2D eigenvalue weighted by atomic mass is 35.5. The molecular formula is C29H41ClN2O6. The molecule has 3 N–H and O–H groups in total. The summed E-state index contributed by atoms with van der Waals surface area (Å²) in [7, 11) is 1.48. The molecule has 1 aromatic rings. The van der Waals surface area contributed by atoms with Crippen LogP contribution in [0.15, 0.2) is 12.1 Å². The third-order valence-corrected chi connectivity index (χ3v) is 8.95. The first kappa shape index (κ1) is 28.5. The molecule has 3 saturated carbocycles. The molecule has 4 rings (SSSR count). The predicted octanol–water partition coefficient (Wildman–Crippen LogP) is 5.07. The topological polar surface area (TPSA) is 114 Å². The lowest BCUT2D eigenvalue weighted by Crippen LogP contribution is -2.50. The SMILES string of the molecule is COc1cc(Cl)c(O[C@H]2CC[C@@](C)(C(=O)O)CC2)cc1C(=O)N[C@@H]1[C@H]2CC[C@H](C2)[C@@H]1C(=O)NCC(C)(C)C. The molecule has 2 amide bonds. The van der Waals surface area contributed by atoms with Gasteiger partial charge in [0.05, 0.1) is 35.1 Å².